The molecule has 1 fully saturated rings. The molecule has 0 saturated heterocycles. The quantitative estimate of drug-likeness (QED) is 0.642. The number of rotatable bonds is 3. The van der Waals surface area contributed by atoms with Gasteiger partial charge in [-0.1, -0.05) is 33.8 Å². The number of hydrogen-bond donors (Lipinski definition) is 1. The van der Waals surface area contributed by atoms with Gasteiger partial charge in [0.15, 0.2) is 0 Å². The smallest absolute Gasteiger partial charge is 0.0613 e. The molecular weight excluding hydrogens is 148 g/mol. The molecule has 0 aromatic carbocycles. The lowest BCUT2D eigenvalue weighted by Crippen LogP contribution is -2.12. The van der Waals surface area contributed by atoms with E-state index in [0.717, 1.165) is 6.42 Å². The summed E-state index contributed by atoms with van der Waals surface area (Å²) in [7, 11) is 0. The summed E-state index contributed by atoms with van der Waals surface area (Å²) < 4.78 is 0. The molecule has 1 aliphatic rings. The van der Waals surface area contributed by atoms with Crippen LogP contribution in [-0.2, 0) is 0 Å². The van der Waals surface area contributed by atoms with Crippen LogP contribution in [0.25, 0.3) is 0 Å². The SMILES string of the molecule is C=CCC(O)C1C(C)(C)C1(C)C. The summed E-state index contributed by atoms with van der Waals surface area (Å²) in [6.45, 7) is 12.6. The van der Waals surface area contributed by atoms with Crippen LogP contribution in [0, 0.1) is 16.7 Å². The van der Waals surface area contributed by atoms with E-state index in [0.29, 0.717) is 5.92 Å². The monoisotopic (exact) mass is 168 g/mol. The van der Waals surface area contributed by atoms with Crippen molar-refractivity contribution in [2.75, 3.05) is 0 Å². The van der Waals surface area contributed by atoms with Crippen LogP contribution >= 0.6 is 0 Å². The third kappa shape index (κ3) is 1.11. The molecule has 0 aromatic heterocycles. The molecular formula is C11H20O. The van der Waals surface area contributed by atoms with E-state index >= 15 is 0 Å². The summed E-state index contributed by atoms with van der Waals surface area (Å²) in [5.74, 6) is 0.433. The first kappa shape index (κ1) is 9.79. The fraction of sp³-hybridized carbons (Fsp3) is 0.818. The first-order valence-corrected chi connectivity index (χ1v) is 4.64. The lowest BCUT2D eigenvalue weighted by molar-refractivity contribution is 0.132. The average molecular weight is 168 g/mol. The largest absolute Gasteiger partial charge is 0.392 e. The molecule has 1 N–H and O–H groups in total. The van der Waals surface area contributed by atoms with Gasteiger partial charge in [0.2, 0.25) is 0 Å². The second-order valence-electron chi connectivity index (χ2n) is 5.01. The summed E-state index contributed by atoms with van der Waals surface area (Å²) in [5, 5.41) is 9.79. The predicted octanol–water partition coefficient (Wildman–Crippen LogP) is 2.61. The van der Waals surface area contributed by atoms with Gasteiger partial charge in [-0.3, -0.25) is 0 Å². The van der Waals surface area contributed by atoms with Crippen LogP contribution in [0.1, 0.15) is 34.1 Å². The minimum absolute atomic E-state index is 0.201. The van der Waals surface area contributed by atoms with Gasteiger partial charge in [0.1, 0.15) is 0 Å². The minimum atomic E-state index is -0.201. The molecule has 0 spiro atoms. The van der Waals surface area contributed by atoms with Crippen LogP contribution < -0.4 is 0 Å². The molecule has 0 bridgehead atoms. The van der Waals surface area contributed by atoms with Gasteiger partial charge >= 0.3 is 0 Å². The van der Waals surface area contributed by atoms with Gasteiger partial charge in [0, 0.05) is 0 Å². The van der Waals surface area contributed by atoms with Crippen molar-refractivity contribution in [1.82, 2.24) is 0 Å². The molecule has 1 unspecified atom stereocenters. The maximum atomic E-state index is 9.79. The lowest BCUT2D eigenvalue weighted by Gasteiger charge is -2.09. The van der Waals surface area contributed by atoms with Crippen molar-refractivity contribution >= 4 is 0 Å². The maximum Gasteiger partial charge on any atom is 0.0613 e. The molecule has 0 heterocycles. The second kappa shape index (κ2) is 2.59. The topological polar surface area (TPSA) is 20.2 Å². The number of aliphatic hydroxyl groups excluding tert-OH is 1. The summed E-state index contributed by atoms with van der Waals surface area (Å²) in [6, 6.07) is 0. The van der Waals surface area contributed by atoms with E-state index in [2.05, 4.69) is 34.3 Å². The number of hydrogen-bond acceptors (Lipinski definition) is 1. The van der Waals surface area contributed by atoms with E-state index in [4.69, 9.17) is 0 Å². The summed E-state index contributed by atoms with van der Waals surface area (Å²) >= 11 is 0. The highest BCUT2D eigenvalue weighted by Gasteiger charge is 2.66. The van der Waals surface area contributed by atoms with Crippen LogP contribution in [-0.4, -0.2) is 11.2 Å². The van der Waals surface area contributed by atoms with E-state index in [9.17, 15) is 5.11 Å². The summed E-state index contributed by atoms with van der Waals surface area (Å²) in [4.78, 5) is 0. The van der Waals surface area contributed by atoms with Crippen molar-refractivity contribution in [1.29, 1.82) is 0 Å². The molecule has 0 amide bonds. The first-order chi connectivity index (χ1) is 5.35. The fourth-order valence-corrected chi connectivity index (χ4v) is 2.52. The highest BCUT2D eigenvalue weighted by Crippen LogP contribution is 2.69. The normalized spacial score (nSPS) is 28.1. The Balaban J connectivity index is 2.63. The third-order valence-electron chi connectivity index (χ3n) is 3.93. The Morgan fingerprint density at radius 3 is 2.00 bits per heavy atom. The van der Waals surface area contributed by atoms with Gasteiger partial charge in [-0.2, -0.15) is 0 Å². The van der Waals surface area contributed by atoms with E-state index < -0.39 is 0 Å². The highest BCUT2D eigenvalue weighted by atomic mass is 16.3. The van der Waals surface area contributed by atoms with Crippen molar-refractivity contribution in [3.8, 4) is 0 Å². The number of aliphatic hydroxyl groups is 1. The molecule has 1 heteroatoms. The zero-order valence-corrected chi connectivity index (χ0v) is 8.59. The summed E-state index contributed by atoms with van der Waals surface area (Å²) in [6.07, 6.45) is 2.32. The molecule has 12 heavy (non-hydrogen) atoms. The van der Waals surface area contributed by atoms with Crippen LogP contribution in [0.3, 0.4) is 0 Å². The molecule has 70 valence electrons. The van der Waals surface area contributed by atoms with Crippen molar-refractivity contribution in [3.63, 3.8) is 0 Å². The van der Waals surface area contributed by atoms with Crippen LogP contribution in [0.4, 0.5) is 0 Å². The van der Waals surface area contributed by atoms with E-state index in [1.165, 1.54) is 0 Å². The van der Waals surface area contributed by atoms with Gasteiger partial charge in [-0.05, 0) is 23.2 Å². The van der Waals surface area contributed by atoms with Gasteiger partial charge in [0.05, 0.1) is 6.10 Å². The predicted molar refractivity (Wildman–Crippen MR) is 51.9 cm³/mol. The Hall–Kier alpha value is -0.300. The zero-order valence-electron chi connectivity index (χ0n) is 8.59. The fourth-order valence-electron chi connectivity index (χ4n) is 2.52. The molecule has 0 radical (unpaired) electrons. The maximum absolute atomic E-state index is 9.79. The Kier molecular flexibility index (Phi) is 2.12. The van der Waals surface area contributed by atoms with E-state index in [1.807, 2.05) is 0 Å². The molecule has 1 aliphatic carbocycles. The molecule has 0 aromatic rings. The molecule has 1 nitrogen and oxygen atoms in total. The lowest BCUT2D eigenvalue weighted by atomic mass is 10.0. The summed E-state index contributed by atoms with van der Waals surface area (Å²) in [5.41, 5.74) is 0.574. The van der Waals surface area contributed by atoms with Crippen molar-refractivity contribution in [2.24, 2.45) is 16.7 Å². The van der Waals surface area contributed by atoms with E-state index in [-0.39, 0.29) is 16.9 Å². The Bertz CT molecular complexity index is 177. The minimum Gasteiger partial charge on any atom is -0.392 e. The third-order valence-corrected chi connectivity index (χ3v) is 3.93. The molecule has 1 rings (SSSR count). The molecule has 1 atom stereocenters. The second-order valence-corrected chi connectivity index (χ2v) is 5.01. The average Bonchev–Trinajstić information content (AvgIpc) is 2.24. The Labute approximate surface area is 75.5 Å². The van der Waals surface area contributed by atoms with Gasteiger partial charge < -0.3 is 5.11 Å². The van der Waals surface area contributed by atoms with Crippen molar-refractivity contribution in [3.05, 3.63) is 12.7 Å². The Morgan fingerprint density at radius 1 is 1.33 bits per heavy atom. The Morgan fingerprint density at radius 2 is 1.75 bits per heavy atom. The van der Waals surface area contributed by atoms with Gasteiger partial charge in [-0.15, -0.1) is 6.58 Å². The van der Waals surface area contributed by atoms with Gasteiger partial charge in [0.25, 0.3) is 0 Å². The van der Waals surface area contributed by atoms with Crippen LogP contribution in [0.2, 0.25) is 0 Å². The standard InChI is InChI=1S/C11H20O/c1-6-7-8(12)9-10(2,3)11(9,4)5/h6,8-9,12H,1,7H2,2-5H3. The first-order valence-electron chi connectivity index (χ1n) is 4.64. The zero-order chi connectivity index (χ0) is 9.57. The van der Waals surface area contributed by atoms with Crippen molar-refractivity contribution in [2.45, 2.75) is 40.2 Å². The van der Waals surface area contributed by atoms with Gasteiger partial charge in [-0.25, -0.2) is 0 Å². The van der Waals surface area contributed by atoms with E-state index in [1.54, 1.807) is 6.08 Å². The van der Waals surface area contributed by atoms with Crippen molar-refractivity contribution < 1.29 is 5.11 Å². The molecule has 1 saturated carbocycles. The van der Waals surface area contributed by atoms with Crippen LogP contribution in [0.15, 0.2) is 12.7 Å². The highest BCUT2D eigenvalue weighted by molar-refractivity contribution is 5.15. The molecule has 0 aliphatic heterocycles. The van der Waals surface area contributed by atoms with Crippen LogP contribution in [0.5, 0.6) is 0 Å².